The van der Waals surface area contributed by atoms with Gasteiger partial charge in [0.1, 0.15) is 5.82 Å². The number of nitrogens with zero attached hydrogens (tertiary/aromatic N) is 3. The second kappa shape index (κ2) is 6.56. The van der Waals surface area contributed by atoms with Gasteiger partial charge in [0.05, 0.1) is 11.6 Å². The van der Waals surface area contributed by atoms with E-state index in [4.69, 9.17) is 5.73 Å². The molecule has 118 valence electrons. The molecule has 1 saturated carbocycles. The Labute approximate surface area is 126 Å². The van der Waals surface area contributed by atoms with Gasteiger partial charge in [0.25, 0.3) is 0 Å². The molecule has 2 rings (SSSR count). The van der Waals surface area contributed by atoms with Crippen molar-refractivity contribution >= 4 is 5.91 Å². The van der Waals surface area contributed by atoms with Gasteiger partial charge in [-0.2, -0.15) is 5.10 Å². The standard InChI is InChI=1S/C15H27N5O/c1-4-12-18-13(5-2)20(19-12)11-8-7-9-15(10-11,14(16)21)17-6-3/h11,17H,4-10H2,1-3H3,(H2,16,21). The maximum absolute atomic E-state index is 12.0. The van der Waals surface area contributed by atoms with Crippen LogP contribution in [0.1, 0.15) is 64.1 Å². The Morgan fingerprint density at radius 1 is 1.43 bits per heavy atom. The summed E-state index contributed by atoms with van der Waals surface area (Å²) in [6.45, 7) is 6.91. The van der Waals surface area contributed by atoms with Gasteiger partial charge >= 0.3 is 0 Å². The van der Waals surface area contributed by atoms with Crippen LogP contribution >= 0.6 is 0 Å². The van der Waals surface area contributed by atoms with Crippen LogP contribution in [0, 0.1) is 0 Å². The van der Waals surface area contributed by atoms with E-state index in [2.05, 4.69) is 29.2 Å². The normalized spacial score (nSPS) is 26.0. The Hall–Kier alpha value is -1.43. The third-order valence-electron chi connectivity index (χ3n) is 4.44. The summed E-state index contributed by atoms with van der Waals surface area (Å²) in [7, 11) is 0. The van der Waals surface area contributed by atoms with Gasteiger partial charge in [-0.05, 0) is 32.2 Å². The second-order valence-corrected chi connectivity index (χ2v) is 5.82. The Bertz CT molecular complexity index is 494. The fourth-order valence-electron chi connectivity index (χ4n) is 3.35. The van der Waals surface area contributed by atoms with E-state index in [1.54, 1.807) is 0 Å². The topological polar surface area (TPSA) is 85.8 Å². The fourth-order valence-corrected chi connectivity index (χ4v) is 3.35. The van der Waals surface area contributed by atoms with Gasteiger partial charge in [0.15, 0.2) is 5.82 Å². The molecule has 2 unspecified atom stereocenters. The molecule has 0 bridgehead atoms. The number of rotatable bonds is 6. The van der Waals surface area contributed by atoms with Crippen molar-refractivity contribution in [2.75, 3.05) is 6.54 Å². The van der Waals surface area contributed by atoms with Crippen LogP contribution in [0.2, 0.25) is 0 Å². The lowest BCUT2D eigenvalue weighted by atomic mass is 9.78. The minimum atomic E-state index is -0.596. The average Bonchev–Trinajstić information content (AvgIpc) is 2.91. The number of carbonyl (C=O) groups is 1. The van der Waals surface area contributed by atoms with Crippen LogP contribution in [-0.2, 0) is 17.6 Å². The molecule has 6 nitrogen and oxygen atoms in total. The summed E-state index contributed by atoms with van der Waals surface area (Å²) in [5, 5.41) is 7.95. The summed E-state index contributed by atoms with van der Waals surface area (Å²) < 4.78 is 2.03. The smallest absolute Gasteiger partial charge is 0.237 e. The molecule has 0 aromatic carbocycles. The number of amides is 1. The summed E-state index contributed by atoms with van der Waals surface area (Å²) in [6.07, 6.45) is 5.21. The molecule has 1 amide bonds. The molecule has 6 heteroatoms. The van der Waals surface area contributed by atoms with Crippen LogP contribution in [0.25, 0.3) is 0 Å². The molecule has 0 aliphatic heterocycles. The lowest BCUT2D eigenvalue weighted by Gasteiger charge is -2.39. The SMILES string of the molecule is CCNC1(C(N)=O)CCCC(n2nc(CC)nc2CC)C1. The zero-order valence-corrected chi connectivity index (χ0v) is 13.4. The van der Waals surface area contributed by atoms with Gasteiger partial charge in [-0.3, -0.25) is 4.79 Å². The van der Waals surface area contributed by atoms with E-state index in [9.17, 15) is 4.79 Å². The monoisotopic (exact) mass is 293 g/mol. The number of hydrogen-bond donors (Lipinski definition) is 2. The molecule has 2 atom stereocenters. The molecule has 21 heavy (non-hydrogen) atoms. The molecule has 3 N–H and O–H groups in total. The summed E-state index contributed by atoms with van der Waals surface area (Å²) in [5.41, 5.74) is 5.09. The van der Waals surface area contributed by atoms with Gasteiger partial charge < -0.3 is 11.1 Å². The highest BCUT2D eigenvalue weighted by atomic mass is 16.1. The second-order valence-electron chi connectivity index (χ2n) is 5.82. The van der Waals surface area contributed by atoms with E-state index >= 15 is 0 Å². The van der Waals surface area contributed by atoms with Crippen LogP contribution in [0.15, 0.2) is 0 Å². The summed E-state index contributed by atoms with van der Waals surface area (Å²) in [6, 6.07) is 0.202. The lowest BCUT2D eigenvalue weighted by molar-refractivity contribution is -0.126. The molecule has 1 aromatic rings. The van der Waals surface area contributed by atoms with Crippen LogP contribution in [0.5, 0.6) is 0 Å². The van der Waals surface area contributed by atoms with Crippen molar-refractivity contribution in [3.8, 4) is 0 Å². The van der Waals surface area contributed by atoms with Crippen molar-refractivity contribution in [3.63, 3.8) is 0 Å². The van der Waals surface area contributed by atoms with Crippen molar-refractivity contribution in [1.82, 2.24) is 20.1 Å². The van der Waals surface area contributed by atoms with Crippen LogP contribution in [0.3, 0.4) is 0 Å². The van der Waals surface area contributed by atoms with E-state index in [1.165, 1.54) is 0 Å². The Morgan fingerprint density at radius 3 is 2.76 bits per heavy atom. The number of likely N-dealkylation sites (N-methyl/N-ethyl adjacent to an activating group) is 1. The molecule has 0 radical (unpaired) electrons. The first kappa shape index (κ1) is 15.9. The van der Waals surface area contributed by atoms with Crippen LogP contribution < -0.4 is 11.1 Å². The number of nitrogens with one attached hydrogen (secondary N) is 1. The van der Waals surface area contributed by atoms with E-state index in [-0.39, 0.29) is 11.9 Å². The largest absolute Gasteiger partial charge is 0.368 e. The quantitative estimate of drug-likeness (QED) is 0.829. The maximum Gasteiger partial charge on any atom is 0.237 e. The van der Waals surface area contributed by atoms with Crippen molar-refractivity contribution in [3.05, 3.63) is 11.6 Å². The predicted molar refractivity (Wildman–Crippen MR) is 81.9 cm³/mol. The maximum atomic E-state index is 12.0. The van der Waals surface area contributed by atoms with E-state index in [1.807, 2.05) is 11.6 Å². The predicted octanol–water partition coefficient (Wildman–Crippen LogP) is 1.35. The van der Waals surface area contributed by atoms with Gasteiger partial charge in [0.2, 0.25) is 5.91 Å². The molecular weight excluding hydrogens is 266 g/mol. The molecular formula is C15H27N5O. The molecule has 0 saturated heterocycles. The number of nitrogens with two attached hydrogens (primary N) is 1. The zero-order chi connectivity index (χ0) is 15.5. The molecule has 1 aliphatic rings. The molecule has 1 aliphatic carbocycles. The van der Waals surface area contributed by atoms with E-state index in [0.29, 0.717) is 6.42 Å². The van der Waals surface area contributed by atoms with Crippen molar-refractivity contribution in [2.24, 2.45) is 5.73 Å². The lowest BCUT2D eigenvalue weighted by Crippen LogP contribution is -2.58. The summed E-state index contributed by atoms with van der Waals surface area (Å²) in [5.74, 6) is 1.64. The zero-order valence-electron chi connectivity index (χ0n) is 13.4. The summed E-state index contributed by atoms with van der Waals surface area (Å²) >= 11 is 0. The molecule has 1 fully saturated rings. The van der Waals surface area contributed by atoms with E-state index < -0.39 is 5.54 Å². The third kappa shape index (κ3) is 3.10. The van der Waals surface area contributed by atoms with Crippen molar-refractivity contribution in [1.29, 1.82) is 0 Å². The van der Waals surface area contributed by atoms with Gasteiger partial charge in [-0.1, -0.05) is 20.8 Å². The van der Waals surface area contributed by atoms with Gasteiger partial charge in [-0.15, -0.1) is 0 Å². The first-order chi connectivity index (χ1) is 10.1. The van der Waals surface area contributed by atoms with E-state index in [0.717, 1.165) is 50.3 Å². The molecule has 1 heterocycles. The fraction of sp³-hybridized carbons (Fsp3) is 0.800. The number of aryl methyl sites for hydroxylation is 2. The number of carbonyl (C=O) groups excluding carboxylic acids is 1. The first-order valence-corrected chi connectivity index (χ1v) is 8.05. The van der Waals surface area contributed by atoms with Gasteiger partial charge in [-0.25, -0.2) is 9.67 Å². The van der Waals surface area contributed by atoms with Crippen molar-refractivity contribution < 1.29 is 4.79 Å². The highest BCUT2D eigenvalue weighted by Crippen LogP contribution is 2.35. The number of aromatic nitrogens is 3. The third-order valence-corrected chi connectivity index (χ3v) is 4.44. The van der Waals surface area contributed by atoms with Crippen molar-refractivity contribution in [2.45, 2.75) is 70.9 Å². The number of hydrogen-bond acceptors (Lipinski definition) is 4. The molecule has 1 aromatic heterocycles. The first-order valence-electron chi connectivity index (χ1n) is 8.05. The minimum absolute atomic E-state index is 0.202. The average molecular weight is 293 g/mol. The molecule has 0 spiro atoms. The van der Waals surface area contributed by atoms with Gasteiger partial charge in [0, 0.05) is 12.8 Å². The summed E-state index contributed by atoms with van der Waals surface area (Å²) in [4.78, 5) is 16.5. The Balaban J connectivity index is 2.28. The minimum Gasteiger partial charge on any atom is -0.368 e. The highest BCUT2D eigenvalue weighted by molar-refractivity contribution is 5.84. The highest BCUT2D eigenvalue weighted by Gasteiger charge is 2.42. The number of primary amides is 1. The Kier molecular flexibility index (Phi) is 4.98. The van der Waals surface area contributed by atoms with Crippen LogP contribution in [-0.4, -0.2) is 32.8 Å². The van der Waals surface area contributed by atoms with Crippen LogP contribution in [0.4, 0.5) is 0 Å². The Morgan fingerprint density at radius 2 is 2.19 bits per heavy atom.